The molecule has 10 heavy (non-hydrogen) atoms. The summed E-state index contributed by atoms with van der Waals surface area (Å²) >= 11 is 0. The van der Waals surface area contributed by atoms with Gasteiger partial charge in [0.15, 0.2) is 0 Å². The van der Waals surface area contributed by atoms with Crippen LogP contribution in [0.3, 0.4) is 0 Å². The van der Waals surface area contributed by atoms with E-state index in [4.69, 9.17) is 0 Å². The molecule has 0 saturated heterocycles. The summed E-state index contributed by atoms with van der Waals surface area (Å²) in [6.07, 6.45) is 3.89. The van der Waals surface area contributed by atoms with Crippen molar-refractivity contribution in [1.82, 2.24) is 0 Å². The predicted octanol–water partition coefficient (Wildman–Crippen LogP) is 1.80. The van der Waals surface area contributed by atoms with E-state index in [0.29, 0.717) is 17.3 Å². The molecule has 1 heteroatoms. The van der Waals surface area contributed by atoms with Crippen LogP contribution in [0.2, 0.25) is 0 Å². The van der Waals surface area contributed by atoms with Crippen molar-refractivity contribution in [1.29, 1.82) is 0 Å². The average Bonchev–Trinajstić information content (AvgIpc) is 2.35. The number of fused-ring (bicyclic) bond motifs is 2. The van der Waals surface area contributed by atoms with E-state index in [1.54, 1.807) is 0 Å². The van der Waals surface area contributed by atoms with Gasteiger partial charge in [-0.3, -0.25) is 0 Å². The summed E-state index contributed by atoms with van der Waals surface area (Å²) in [7, 11) is 0. The topological polar surface area (TPSA) is 20.2 Å². The van der Waals surface area contributed by atoms with Crippen LogP contribution in [-0.4, -0.2) is 11.2 Å². The monoisotopic (exact) mass is 140 g/mol. The minimum Gasteiger partial charge on any atom is -0.393 e. The number of hydrogen-bond acceptors (Lipinski definition) is 1. The van der Waals surface area contributed by atoms with Crippen LogP contribution in [0.4, 0.5) is 0 Å². The van der Waals surface area contributed by atoms with Crippen molar-refractivity contribution in [2.75, 3.05) is 0 Å². The number of aliphatic hydroxyl groups is 1. The number of rotatable bonds is 0. The number of aliphatic hydroxyl groups excluding tert-OH is 1. The van der Waals surface area contributed by atoms with Gasteiger partial charge in [-0.15, -0.1) is 0 Å². The molecule has 0 radical (unpaired) electrons. The molecule has 2 unspecified atom stereocenters. The maximum Gasteiger partial charge on any atom is 0.0599 e. The molecule has 0 spiro atoms. The molecule has 0 aromatic rings. The van der Waals surface area contributed by atoms with Crippen LogP contribution in [0.15, 0.2) is 0 Å². The normalized spacial score (nSPS) is 59.7. The molecule has 0 amide bonds. The molecule has 1 nitrogen and oxygen atoms in total. The van der Waals surface area contributed by atoms with Gasteiger partial charge in [-0.1, -0.05) is 13.8 Å². The second-order valence-electron chi connectivity index (χ2n) is 4.44. The van der Waals surface area contributed by atoms with Crippen LogP contribution in [0.5, 0.6) is 0 Å². The predicted molar refractivity (Wildman–Crippen MR) is 40.6 cm³/mol. The molecule has 0 aromatic carbocycles. The first-order chi connectivity index (χ1) is 4.63. The van der Waals surface area contributed by atoms with Crippen LogP contribution in [0, 0.1) is 17.3 Å². The highest BCUT2D eigenvalue weighted by Gasteiger charge is 2.52. The fourth-order valence-electron chi connectivity index (χ4n) is 2.84. The zero-order valence-corrected chi connectivity index (χ0v) is 6.80. The third-order valence-corrected chi connectivity index (χ3v) is 3.91. The van der Waals surface area contributed by atoms with E-state index in [1.165, 1.54) is 19.3 Å². The molecule has 0 aliphatic heterocycles. The van der Waals surface area contributed by atoms with E-state index >= 15 is 0 Å². The van der Waals surface area contributed by atoms with Crippen LogP contribution < -0.4 is 0 Å². The van der Waals surface area contributed by atoms with E-state index in [9.17, 15) is 5.11 Å². The summed E-state index contributed by atoms with van der Waals surface area (Å²) in [6.45, 7) is 4.53. The molecule has 1 N–H and O–H groups in total. The first-order valence-corrected chi connectivity index (χ1v) is 4.31. The van der Waals surface area contributed by atoms with Crippen molar-refractivity contribution >= 4 is 0 Å². The Morgan fingerprint density at radius 2 is 2.20 bits per heavy atom. The summed E-state index contributed by atoms with van der Waals surface area (Å²) < 4.78 is 0. The highest BCUT2D eigenvalue weighted by molar-refractivity contribution is 5.02. The van der Waals surface area contributed by atoms with Gasteiger partial charge in [0.2, 0.25) is 0 Å². The SMILES string of the molecule is C[C@@H]1[C@H](O)C2CCC1(C)C2. The van der Waals surface area contributed by atoms with Gasteiger partial charge in [0, 0.05) is 0 Å². The van der Waals surface area contributed by atoms with Crippen molar-refractivity contribution in [3.63, 3.8) is 0 Å². The second-order valence-corrected chi connectivity index (χ2v) is 4.44. The third-order valence-electron chi connectivity index (χ3n) is 3.91. The van der Waals surface area contributed by atoms with E-state index in [1.807, 2.05) is 0 Å². The maximum absolute atomic E-state index is 9.65. The van der Waals surface area contributed by atoms with Crippen LogP contribution in [0.25, 0.3) is 0 Å². The Kier molecular flexibility index (Phi) is 1.17. The molecule has 2 aliphatic rings. The fourth-order valence-corrected chi connectivity index (χ4v) is 2.84. The quantitative estimate of drug-likeness (QED) is 0.544. The lowest BCUT2D eigenvalue weighted by atomic mass is 9.77. The lowest BCUT2D eigenvalue weighted by molar-refractivity contribution is 0.0432. The lowest BCUT2D eigenvalue weighted by Gasteiger charge is -2.31. The molecule has 2 fully saturated rings. The van der Waals surface area contributed by atoms with Crippen molar-refractivity contribution in [2.24, 2.45) is 17.3 Å². The molecule has 0 aromatic heterocycles. The first-order valence-electron chi connectivity index (χ1n) is 4.31. The Morgan fingerprint density at radius 3 is 2.50 bits per heavy atom. The molecule has 2 bridgehead atoms. The fraction of sp³-hybridized carbons (Fsp3) is 1.00. The summed E-state index contributed by atoms with van der Waals surface area (Å²) in [5.74, 6) is 1.19. The summed E-state index contributed by atoms with van der Waals surface area (Å²) in [5.41, 5.74) is 0.490. The highest BCUT2D eigenvalue weighted by atomic mass is 16.3. The Balaban J connectivity index is 2.25. The van der Waals surface area contributed by atoms with Crippen LogP contribution >= 0.6 is 0 Å². The maximum atomic E-state index is 9.65. The first kappa shape index (κ1) is 6.66. The molecule has 2 saturated carbocycles. The second kappa shape index (κ2) is 1.76. The Morgan fingerprint density at radius 1 is 1.50 bits per heavy atom. The van der Waals surface area contributed by atoms with Gasteiger partial charge in [-0.2, -0.15) is 0 Å². The van der Waals surface area contributed by atoms with Gasteiger partial charge >= 0.3 is 0 Å². The van der Waals surface area contributed by atoms with Gasteiger partial charge in [0.05, 0.1) is 6.10 Å². The van der Waals surface area contributed by atoms with Gasteiger partial charge < -0.3 is 5.11 Å². The van der Waals surface area contributed by atoms with Crippen molar-refractivity contribution in [3.8, 4) is 0 Å². The van der Waals surface area contributed by atoms with Crippen LogP contribution in [0.1, 0.15) is 33.1 Å². The summed E-state index contributed by atoms with van der Waals surface area (Å²) in [4.78, 5) is 0. The Hall–Kier alpha value is -0.0400. The molecular weight excluding hydrogens is 124 g/mol. The van der Waals surface area contributed by atoms with E-state index in [-0.39, 0.29) is 6.10 Å². The van der Waals surface area contributed by atoms with Gasteiger partial charge in [-0.25, -0.2) is 0 Å². The molecule has 58 valence electrons. The Labute approximate surface area is 62.4 Å². The zero-order chi connectivity index (χ0) is 7.35. The molecule has 2 aliphatic carbocycles. The largest absolute Gasteiger partial charge is 0.393 e. The minimum absolute atomic E-state index is 0.0127. The number of hydrogen-bond donors (Lipinski definition) is 1. The van der Waals surface area contributed by atoms with Crippen LogP contribution in [-0.2, 0) is 0 Å². The smallest absolute Gasteiger partial charge is 0.0599 e. The molecule has 4 atom stereocenters. The summed E-state index contributed by atoms with van der Waals surface area (Å²) in [5, 5.41) is 9.65. The lowest BCUT2D eigenvalue weighted by Crippen LogP contribution is -2.29. The van der Waals surface area contributed by atoms with Gasteiger partial charge in [0.25, 0.3) is 0 Å². The average molecular weight is 140 g/mol. The Bertz CT molecular complexity index is 155. The third kappa shape index (κ3) is 0.619. The van der Waals surface area contributed by atoms with E-state index < -0.39 is 0 Å². The van der Waals surface area contributed by atoms with Gasteiger partial charge in [-0.05, 0) is 36.5 Å². The molecule has 2 rings (SSSR count). The molecule has 0 heterocycles. The molecular formula is C9H16O. The van der Waals surface area contributed by atoms with E-state index in [0.717, 1.165) is 0 Å². The summed E-state index contributed by atoms with van der Waals surface area (Å²) in [6, 6.07) is 0. The van der Waals surface area contributed by atoms with Gasteiger partial charge in [0.1, 0.15) is 0 Å². The van der Waals surface area contributed by atoms with Crippen molar-refractivity contribution in [2.45, 2.75) is 39.2 Å². The minimum atomic E-state index is 0.0127. The zero-order valence-electron chi connectivity index (χ0n) is 6.80. The van der Waals surface area contributed by atoms with Crippen molar-refractivity contribution in [3.05, 3.63) is 0 Å². The van der Waals surface area contributed by atoms with Crippen molar-refractivity contribution < 1.29 is 5.11 Å². The highest BCUT2D eigenvalue weighted by Crippen LogP contribution is 2.56. The van der Waals surface area contributed by atoms with E-state index in [2.05, 4.69) is 13.8 Å². The standard InChI is InChI=1S/C9H16O/c1-6-8(10)7-3-4-9(6,2)5-7/h6-8,10H,3-5H2,1-2H3/t6-,7?,8+,9?/m1/s1.